The number of nitrogens with zero attached hydrogens (tertiary/aromatic N) is 1. The summed E-state index contributed by atoms with van der Waals surface area (Å²) in [5.74, 6) is -3.75. The minimum absolute atomic E-state index is 0.226. The minimum atomic E-state index is -1.21. The highest BCUT2D eigenvalue weighted by Gasteiger charge is 2.36. The Hall–Kier alpha value is -3.23. The Kier molecular flexibility index (Phi) is 4.69. The largest absolute Gasteiger partial charge is 0.480 e. The van der Waals surface area contributed by atoms with Gasteiger partial charge in [0.05, 0.1) is 17.7 Å². The SMILES string of the molecule is O=C(O)CNC(=O)CNC(=O)CN1C(=O)c2ccccc2C1=O. The molecule has 0 fully saturated rings. The summed E-state index contributed by atoms with van der Waals surface area (Å²) in [7, 11) is 0. The number of imide groups is 1. The Bertz CT molecular complexity index is 665. The number of carbonyl (C=O) groups excluding carboxylic acids is 4. The summed E-state index contributed by atoms with van der Waals surface area (Å²) in [6.07, 6.45) is 0. The number of carboxylic acid groups (broad SMARTS) is 1. The van der Waals surface area contributed by atoms with Gasteiger partial charge in [0.2, 0.25) is 11.8 Å². The highest BCUT2D eigenvalue weighted by molar-refractivity contribution is 6.22. The van der Waals surface area contributed by atoms with Gasteiger partial charge in [-0.2, -0.15) is 0 Å². The summed E-state index contributed by atoms with van der Waals surface area (Å²) in [4.78, 5) is 58.1. The Morgan fingerprint density at radius 3 is 1.96 bits per heavy atom. The van der Waals surface area contributed by atoms with Crippen LogP contribution in [0.3, 0.4) is 0 Å². The lowest BCUT2D eigenvalue weighted by atomic mass is 10.1. The van der Waals surface area contributed by atoms with Gasteiger partial charge in [-0.15, -0.1) is 0 Å². The van der Waals surface area contributed by atoms with Gasteiger partial charge in [-0.1, -0.05) is 12.1 Å². The lowest BCUT2D eigenvalue weighted by Gasteiger charge is -2.13. The van der Waals surface area contributed by atoms with Gasteiger partial charge in [-0.3, -0.25) is 28.9 Å². The first-order chi connectivity index (χ1) is 10.9. The summed E-state index contributed by atoms with van der Waals surface area (Å²) >= 11 is 0. The van der Waals surface area contributed by atoms with E-state index in [2.05, 4.69) is 10.6 Å². The maximum atomic E-state index is 12.0. The summed E-state index contributed by atoms with van der Waals surface area (Å²) < 4.78 is 0. The van der Waals surface area contributed by atoms with Crippen LogP contribution in [0.5, 0.6) is 0 Å². The maximum absolute atomic E-state index is 12.0. The van der Waals surface area contributed by atoms with Gasteiger partial charge in [0.1, 0.15) is 13.1 Å². The highest BCUT2D eigenvalue weighted by atomic mass is 16.4. The van der Waals surface area contributed by atoms with E-state index in [1.807, 2.05) is 0 Å². The van der Waals surface area contributed by atoms with E-state index in [1.165, 1.54) is 12.1 Å². The molecule has 1 aliphatic heterocycles. The van der Waals surface area contributed by atoms with E-state index in [-0.39, 0.29) is 11.1 Å². The molecule has 1 heterocycles. The van der Waals surface area contributed by atoms with Crippen molar-refractivity contribution in [2.24, 2.45) is 0 Å². The molecule has 0 aliphatic carbocycles. The molecule has 0 saturated carbocycles. The van der Waals surface area contributed by atoms with Crippen LogP contribution in [0, 0.1) is 0 Å². The highest BCUT2D eigenvalue weighted by Crippen LogP contribution is 2.21. The number of rotatable bonds is 6. The number of carboxylic acids is 1. The third-order valence-corrected chi connectivity index (χ3v) is 3.06. The van der Waals surface area contributed by atoms with Crippen molar-refractivity contribution in [2.45, 2.75) is 0 Å². The average molecular weight is 319 g/mol. The van der Waals surface area contributed by atoms with Crippen LogP contribution in [0.2, 0.25) is 0 Å². The Morgan fingerprint density at radius 1 is 0.913 bits per heavy atom. The van der Waals surface area contributed by atoms with Crippen LogP contribution in [0.25, 0.3) is 0 Å². The van der Waals surface area contributed by atoms with Crippen LogP contribution in [0.15, 0.2) is 24.3 Å². The molecule has 0 radical (unpaired) electrons. The first-order valence-electron chi connectivity index (χ1n) is 6.60. The van der Waals surface area contributed by atoms with Gasteiger partial charge in [0.25, 0.3) is 11.8 Å². The molecule has 0 aromatic heterocycles. The Morgan fingerprint density at radius 2 is 1.43 bits per heavy atom. The number of hydrogen-bond acceptors (Lipinski definition) is 5. The number of amides is 4. The molecule has 3 N–H and O–H groups in total. The minimum Gasteiger partial charge on any atom is -0.480 e. The van der Waals surface area contributed by atoms with E-state index in [0.717, 1.165) is 4.90 Å². The van der Waals surface area contributed by atoms with Gasteiger partial charge in [-0.05, 0) is 12.1 Å². The molecule has 0 atom stereocenters. The molecule has 23 heavy (non-hydrogen) atoms. The smallest absolute Gasteiger partial charge is 0.322 e. The summed E-state index contributed by atoms with van der Waals surface area (Å²) in [6.45, 7) is -1.53. The number of aliphatic carboxylic acids is 1. The molecular formula is C14H13N3O6. The zero-order chi connectivity index (χ0) is 17.0. The first kappa shape index (κ1) is 16.1. The number of benzene rings is 1. The van der Waals surface area contributed by atoms with E-state index in [4.69, 9.17) is 5.11 Å². The van der Waals surface area contributed by atoms with Crippen LogP contribution in [0.1, 0.15) is 20.7 Å². The van der Waals surface area contributed by atoms with Crippen LogP contribution >= 0.6 is 0 Å². The number of carbonyl (C=O) groups is 5. The van der Waals surface area contributed by atoms with Crippen molar-refractivity contribution in [1.29, 1.82) is 0 Å². The summed E-state index contributed by atoms with van der Waals surface area (Å²) in [5.41, 5.74) is 0.453. The van der Waals surface area contributed by atoms with E-state index in [0.29, 0.717) is 0 Å². The monoisotopic (exact) mass is 319 g/mol. The number of fused-ring (bicyclic) bond motifs is 1. The van der Waals surface area contributed by atoms with Crippen LogP contribution < -0.4 is 10.6 Å². The van der Waals surface area contributed by atoms with E-state index < -0.39 is 49.2 Å². The molecule has 0 saturated heterocycles. The molecule has 1 aliphatic rings. The average Bonchev–Trinajstić information content (AvgIpc) is 2.76. The van der Waals surface area contributed by atoms with Crippen LogP contribution in [-0.2, 0) is 14.4 Å². The molecular weight excluding hydrogens is 306 g/mol. The summed E-state index contributed by atoms with van der Waals surface area (Å²) in [6, 6.07) is 6.21. The Labute approximate surface area is 130 Å². The van der Waals surface area contributed by atoms with E-state index in [9.17, 15) is 24.0 Å². The summed E-state index contributed by atoms with van der Waals surface area (Å²) in [5, 5.41) is 12.7. The van der Waals surface area contributed by atoms with Crippen LogP contribution in [0.4, 0.5) is 0 Å². The molecule has 2 rings (SSSR count). The second-order valence-corrected chi connectivity index (χ2v) is 4.69. The molecule has 0 unspecified atom stereocenters. The molecule has 4 amide bonds. The van der Waals surface area contributed by atoms with Gasteiger partial charge in [0.15, 0.2) is 0 Å². The molecule has 0 spiro atoms. The zero-order valence-corrected chi connectivity index (χ0v) is 11.9. The van der Waals surface area contributed by atoms with Crippen molar-refractivity contribution < 1.29 is 29.1 Å². The molecule has 0 bridgehead atoms. The standard InChI is InChI=1S/C14H13N3O6/c18-10(16-6-12(20)21)5-15-11(19)7-17-13(22)8-3-1-2-4-9(8)14(17)23/h1-4H,5-7H2,(H,15,19)(H,16,18)(H,20,21). The zero-order valence-electron chi connectivity index (χ0n) is 11.9. The first-order valence-corrected chi connectivity index (χ1v) is 6.60. The van der Waals surface area contributed by atoms with Crippen molar-refractivity contribution in [2.75, 3.05) is 19.6 Å². The number of hydrogen-bond donors (Lipinski definition) is 3. The molecule has 1 aromatic rings. The lowest BCUT2D eigenvalue weighted by Crippen LogP contribution is -2.44. The molecule has 9 nitrogen and oxygen atoms in total. The maximum Gasteiger partial charge on any atom is 0.322 e. The van der Waals surface area contributed by atoms with Crippen molar-refractivity contribution in [3.05, 3.63) is 35.4 Å². The van der Waals surface area contributed by atoms with E-state index in [1.54, 1.807) is 12.1 Å². The molecule has 1 aromatic carbocycles. The molecule has 9 heteroatoms. The van der Waals surface area contributed by atoms with Gasteiger partial charge in [-0.25, -0.2) is 0 Å². The second-order valence-electron chi connectivity index (χ2n) is 4.69. The quantitative estimate of drug-likeness (QED) is 0.552. The van der Waals surface area contributed by atoms with Crippen LogP contribution in [-0.4, -0.2) is 59.2 Å². The van der Waals surface area contributed by atoms with Gasteiger partial charge >= 0.3 is 5.97 Å². The fourth-order valence-corrected chi connectivity index (χ4v) is 2.00. The van der Waals surface area contributed by atoms with Gasteiger partial charge in [0, 0.05) is 0 Å². The topological polar surface area (TPSA) is 133 Å². The third kappa shape index (κ3) is 3.70. The van der Waals surface area contributed by atoms with Crippen molar-refractivity contribution in [1.82, 2.24) is 15.5 Å². The fraction of sp³-hybridized carbons (Fsp3) is 0.214. The second kappa shape index (κ2) is 6.69. The third-order valence-electron chi connectivity index (χ3n) is 3.06. The van der Waals surface area contributed by atoms with Gasteiger partial charge < -0.3 is 15.7 Å². The number of nitrogens with one attached hydrogen (secondary N) is 2. The lowest BCUT2D eigenvalue weighted by molar-refractivity contribution is -0.137. The predicted octanol–water partition coefficient (Wildman–Crippen LogP) is -1.40. The van der Waals surface area contributed by atoms with E-state index >= 15 is 0 Å². The Balaban J connectivity index is 1.87. The molecule has 120 valence electrons. The fourth-order valence-electron chi connectivity index (χ4n) is 2.00. The van der Waals surface area contributed by atoms with Crippen molar-refractivity contribution in [3.63, 3.8) is 0 Å². The predicted molar refractivity (Wildman–Crippen MR) is 75.5 cm³/mol. The normalized spacial score (nSPS) is 12.8. The van der Waals surface area contributed by atoms with Crippen molar-refractivity contribution >= 4 is 29.6 Å². The van der Waals surface area contributed by atoms with Crippen molar-refractivity contribution in [3.8, 4) is 0 Å².